The van der Waals surface area contributed by atoms with Crippen LogP contribution in [0.4, 0.5) is 0 Å². The number of aryl methyl sites for hydroxylation is 3. The quantitative estimate of drug-likeness (QED) is 0.123. The summed E-state index contributed by atoms with van der Waals surface area (Å²) in [5, 5.41) is 2.26. The molecule has 55 heavy (non-hydrogen) atoms. The van der Waals surface area contributed by atoms with Crippen molar-refractivity contribution in [2.45, 2.75) is 67.5 Å². The van der Waals surface area contributed by atoms with Crippen LogP contribution in [0.15, 0.2) is 126 Å². The molecule has 281 valence electrons. The molecule has 6 heteroatoms. The molecular weight excluding hydrogens is 867 g/mol. The molecule has 0 aliphatic heterocycles. The first-order chi connectivity index (χ1) is 27.0. The molecule has 0 saturated carbocycles. The monoisotopic (exact) mass is 919 g/mol. The van der Waals surface area contributed by atoms with Crippen LogP contribution in [0.5, 0.6) is 0 Å². The summed E-state index contributed by atoms with van der Waals surface area (Å²) in [4.78, 5) is 9.66. The number of benzene rings is 5. The van der Waals surface area contributed by atoms with Gasteiger partial charge in [-0.05, 0) is 89.9 Å². The molecule has 0 bridgehead atoms. The maximum Gasteiger partial charge on any atom is 0.0798 e. The Morgan fingerprint density at radius 1 is 0.836 bits per heavy atom. The van der Waals surface area contributed by atoms with Crippen molar-refractivity contribution in [1.29, 1.82) is 0 Å². The molecule has 8 rings (SSSR count). The number of fused-ring (bicyclic) bond motifs is 2. The van der Waals surface area contributed by atoms with Gasteiger partial charge in [0, 0.05) is 47.9 Å². The van der Waals surface area contributed by atoms with E-state index in [0.29, 0.717) is 17.0 Å². The minimum absolute atomic E-state index is 0. The average molecular weight is 919 g/mol. The Balaban J connectivity index is 0.000000221. The van der Waals surface area contributed by atoms with Gasteiger partial charge in [0.1, 0.15) is 0 Å². The average Bonchev–Trinajstić information content (AvgIpc) is 3.75. The SMILES string of the molecule is CC(C)(C)Cc1cc(-c2[c-]cccc2)ncc1[Si](C)(C)C.[2H]C([2H])([2H])c1ccc2c(-c3nc4ccccc4n3-c3cc(C)c(-c4ccccc4)c(C)c3)[c-]oc2c1.[Ir]. The number of para-hydroxylation sites is 2. The van der Waals surface area contributed by atoms with Gasteiger partial charge in [0.15, 0.2) is 0 Å². The summed E-state index contributed by atoms with van der Waals surface area (Å²) >= 11 is 0. The Morgan fingerprint density at radius 2 is 1.55 bits per heavy atom. The summed E-state index contributed by atoms with van der Waals surface area (Å²) in [6.07, 6.45) is 6.21. The fourth-order valence-electron chi connectivity index (χ4n) is 7.32. The molecule has 3 aromatic heterocycles. The summed E-state index contributed by atoms with van der Waals surface area (Å²) in [7, 11) is -1.37. The van der Waals surface area contributed by atoms with Crippen LogP contribution in [0.3, 0.4) is 0 Å². The summed E-state index contributed by atoms with van der Waals surface area (Å²) in [6, 6.07) is 41.4. The Hall–Kier alpha value is -4.87. The summed E-state index contributed by atoms with van der Waals surface area (Å²) in [5.41, 5.74) is 12.9. The van der Waals surface area contributed by atoms with E-state index in [1.807, 2.05) is 42.5 Å². The van der Waals surface area contributed by atoms with Gasteiger partial charge in [0.25, 0.3) is 0 Å². The molecule has 0 saturated heterocycles. The van der Waals surface area contributed by atoms with Crippen molar-refractivity contribution < 1.29 is 28.6 Å². The molecule has 4 nitrogen and oxygen atoms in total. The number of hydrogen-bond acceptors (Lipinski definition) is 3. The molecule has 0 N–H and O–H groups in total. The molecule has 5 aromatic carbocycles. The molecule has 8 aromatic rings. The van der Waals surface area contributed by atoms with Crippen LogP contribution in [-0.2, 0) is 26.5 Å². The van der Waals surface area contributed by atoms with Gasteiger partial charge in [0.05, 0.1) is 24.9 Å². The second-order valence-electron chi connectivity index (χ2n) is 16.4. The zero-order valence-corrected chi connectivity index (χ0v) is 36.2. The summed E-state index contributed by atoms with van der Waals surface area (Å²) < 4.78 is 31.0. The maximum absolute atomic E-state index is 7.72. The van der Waals surface area contributed by atoms with E-state index in [1.165, 1.54) is 33.0 Å². The molecule has 3 heterocycles. The van der Waals surface area contributed by atoms with Crippen LogP contribution in [0.1, 0.15) is 47.1 Å². The Bertz CT molecular complexity index is 2670. The third kappa shape index (κ3) is 8.68. The van der Waals surface area contributed by atoms with Crippen LogP contribution < -0.4 is 5.19 Å². The van der Waals surface area contributed by atoms with Gasteiger partial charge in [-0.3, -0.25) is 4.98 Å². The van der Waals surface area contributed by atoms with Gasteiger partial charge in [0.2, 0.25) is 0 Å². The van der Waals surface area contributed by atoms with E-state index in [9.17, 15) is 0 Å². The van der Waals surface area contributed by atoms with Crippen molar-refractivity contribution in [3.05, 3.63) is 156 Å². The number of nitrogens with zero attached hydrogens (tertiary/aromatic N) is 3. The summed E-state index contributed by atoms with van der Waals surface area (Å²) in [5.74, 6) is 0.697. The van der Waals surface area contributed by atoms with Crippen LogP contribution in [0.25, 0.3) is 61.5 Å². The van der Waals surface area contributed by atoms with E-state index in [0.717, 1.165) is 39.8 Å². The smallest absolute Gasteiger partial charge is 0.0798 e. The number of hydrogen-bond donors (Lipinski definition) is 0. The first-order valence-electron chi connectivity index (χ1n) is 20.0. The van der Waals surface area contributed by atoms with Gasteiger partial charge < -0.3 is 14.0 Å². The molecule has 0 fully saturated rings. The van der Waals surface area contributed by atoms with E-state index < -0.39 is 14.9 Å². The zero-order valence-electron chi connectivity index (χ0n) is 35.8. The number of furan rings is 1. The predicted molar refractivity (Wildman–Crippen MR) is 229 cm³/mol. The van der Waals surface area contributed by atoms with Crippen LogP contribution in [0, 0.1) is 38.4 Å². The minimum atomic E-state index is -2.20. The third-order valence-electron chi connectivity index (χ3n) is 9.64. The Kier molecular flexibility index (Phi) is 10.5. The standard InChI is InChI=1S/C30H23N2O.C19H26NSi.Ir/c1-19-13-14-24-25(18-33-28(24)15-19)30-31-26-11-7-8-12-27(26)32(30)23-16-20(2)29(21(3)17-23)22-9-5-4-6-10-22;1-19(2,3)13-16-12-17(15-10-8-7-9-11-15)20-14-18(16)21(4,5)6;/h4-17H,1-3H3;7-10,12,14H,13H2,1-6H3;/q2*-1;/i1D3;;. The topological polar surface area (TPSA) is 43.9 Å². The van der Waals surface area contributed by atoms with E-state index in [2.05, 4.69) is 132 Å². The molecule has 0 unspecified atom stereocenters. The van der Waals surface area contributed by atoms with E-state index in [4.69, 9.17) is 18.5 Å². The van der Waals surface area contributed by atoms with Gasteiger partial charge >= 0.3 is 0 Å². The van der Waals surface area contributed by atoms with Crippen molar-refractivity contribution in [3.8, 4) is 39.5 Å². The first-order valence-corrected chi connectivity index (χ1v) is 22.0. The second kappa shape index (κ2) is 16.1. The Morgan fingerprint density at radius 3 is 2.22 bits per heavy atom. The van der Waals surface area contributed by atoms with E-state index in [-0.39, 0.29) is 31.1 Å². The number of imidazole rings is 1. The molecule has 0 spiro atoms. The first kappa shape index (κ1) is 35.8. The van der Waals surface area contributed by atoms with Crippen LogP contribution in [-0.4, -0.2) is 22.6 Å². The molecule has 0 amide bonds. The van der Waals surface area contributed by atoms with Crippen molar-refractivity contribution in [3.63, 3.8) is 0 Å². The van der Waals surface area contributed by atoms with Crippen molar-refractivity contribution in [2.75, 3.05) is 0 Å². The number of aromatic nitrogens is 3. The molecule has 0 aliphatic rings. The van der Waals surface area contributed by atoms with Crippen LogP contribution >= 0.6 is 0 Å². The van der Waals surface area contributed by atoms with Gasteiger partial charge in [-0.25, -0.2) is 0 Å². The molecule has 0 aliphatic carbocycles. The van der Waals surface area contributed by atoms with Gasteiger partial charge in [-0.15, -0.1) is 42.0 Å². The molecule has 0 atom stereocenters. The van der Waals surface area contributed by atoms with Crippen LogP contribution in [0.2, 0.25) is 19.6 Å². The molecular formula is C49H49IrN3OSi-2. The van der Waals surface area contributed by atoms with Gasteiger partial charge in [-0.2, -0.15) is 0 Å². The fourth-order valence-corrected chi connectivity index (χ4v) is 8.89. The largest absolute Gasteiger partial charge is 0.557 e. The van der Waals surface area contributed by atoms with E-state index in [1.54, 1.807) is 18.2 Å². The molecule has 1 radical (unpaired) electrons. The van der Waals surface area contributed by atoms with Crippen molar-refractivity contribution in [2.24, 2.45) is 5.41 Å². The van der Waals surface area contributed by atoms with Crippen molar-refractivity contribution >= 4 is 35.3 Å². The second-order valence-corrected chi connectivity index (χ2v) is 21.4. The normalized spacial score (nSPS) is 12.7. The summed E-state index contributed by atoms with van der Waals surface area (Å²) in [6.45, 7) is 16.1. The third-order valence-corrected chi connectivity index (χ3v) is 11.7. The minimum Gasteiger partial charge on any atom is -0.557 e. The fraction of sp³-hybridized carbons (Fsp3) is 0.224. The van der Waals surface area contributed by atoms with E-state index >= 15 is 0 Å². The number of pyridine rings is 1. The Labute approximate surface area is 345 Å². The predicted octanol–water partition coefficient (Wildman–Crippen LogP) is 12.5. The van der Waals surface area contributed by atoms with Gasteiger partial charge in [-0.1, -0.05) is 123 Å². The van der Waals surface area contributed by atoms with Crippen molar-refractivity contribution in [1.82, 2.24) is 14.5 Å². The zero-order chi connectivity index (χ0) is 40.7. The maximum atomic E-state index is 7.72. The number of rotatable bonds is 6.